The van der Waals surface area contributed by atoms with Crippen LogP contribution in [-0.4, -0.2) is 33.1 Å². The highest BCUT2D eigenvalue weighted by molar-refractivity contribution is 6.01. The van der Waals surface area contributed by atoms with E-state index < -0.39 is 5.97 Å². The van der Waals surface area contributed by atoms with Crippen LogP contribution in [0.5, 0.6) is 0 Å². The molecule has 0 aliphatic carbocycles. The van der Waals surface area contributed by atoms with Gasteiger partial charge in [0.2, 0.25) is 5.95 Å². The first-order valence-electron chi connectivity index (χ1n) is 6.04. The molecule has 6 nitrogen and oxygen atoms in total. The Labute approximate surface area is 114 Å². The standard InChI is InChI=1S/C14H12N4O2/c1-15-14-17-5-3-11(18-14)9-7-12-8(2-4-16-12)6-10(9)13(19)20/h2-7,16H,1H3,(H,19,20)(H,15,17,18). The van der Waals surface area contributed by atoms with Crippen LogP contribution >= 0.6 is 0 Å². The number of carboxylic acid groups (broad SMARTS) is 1. The first-order valence-corrected chi connectivity index (χ1v) is 6.04. The van der Waals surface area contributed by atoms with Gasteiger partial charge in [-0.2, -0.15) is 0 Å². The van der Waals surface area contributed by atoms with Crippen LogP contribution in [0.2, 0.25) is 0 Å². The molecule has 1 aromatic carbocycles. The summed E-state index contributed by atoms with van der Waals surface area (Å²) in [5.41, 5.74) is 2.22. The molecule has 3 N–H and O–H groups in total. The molecule has 6 heteroatoms. The average molecular weight is 268 g/mol. The van der Waals surface area contributed by atoms with Gasteiger partial charge in [-0.1, -0.05) is 0 Å². The summed E-state index contributed by atoms with van der Waals surface area (Å²) >= 11 is 0. The Kier molecular flexibility index (Phi) is 2.83. The molecular formula is C14H12N4O2. The SMILES string of the molecule is CNc1nccc(-c2cc3[nH]ccc3cc2C(=O)O)n1. The highest BCUT2D eigenvalue weighted by Gasteiger charge is 2.15. The Morgan fingerprint density at radius 3 is 2.95 bits per heavy atom. The predicted molar refractivity (Wildman–Crippen MR) is 75.8 cm³/mol. The van der Waals surface area contributed by atoms with Crippen LogP contribution < -0.4 is 5.32 Å². The number of aromatic amines is 1. The van der Waals surface area contributed by atoms with E-state index in [2.05, 4.69) is 20.3 Å². The van der Waals surface area contributed by atoms with E-state index >= 15 is 0 Å². The molecule has 20 heavy (non-hydrogen) atoms. The number of fused-ring (bicyclic) bond motifs is 1. The maximum atomic E-state index is 11.4. The predicted octanol–water partition coefficient (Wildman–Crippen LogP) is 2.36. The van der Waals surface area contributed by atoms with E-state index in [9.17, 15) is 9.90 Å². The molecule has 0 atom stereocenters. The fourth-order valence-electron chi connectivity index (χ4n) is 2.12. The molecule has 0 aliphatic rings. The second kappa shape index (κ2) is 4.65. The zero-order chi connectivity index (χ0) is 14.1. The van der Waals surface area contributed by atoms with Crippen LogP contribution in [0.4, 0.5) is 5.95 Å². The Balaban J connectivity index is 2.26. The first kappa shape index (κ1) is 12.2. The number of nitrogens with zero attached hydrogens (tertiary/aromatic N) is 2. The molecule has 0 spiro atoms. The van der Waals surface area contributed by atoms with Crippen molar-refractivity contribution in [2.24, 2.45) is 0 Å². The van der Waals surface area contributed by atoms with Crippen molar-refractivity contribution in [3.8, 4) is 11.3 Å². The van der Waals surface area contributed by atoms with Gasteiger partial charge < -0.3 is 15.4 Å². The minimum atomic E-state index is -0.979. The molecule has 0 radical (unpaired) electrons. The number of rotatable bonds is 3. The van der Waals surface area contributed by atoms with Gasteiger partial charge in [0.25, 0.3) is 0 Å². The molecule has 0 saturated heterocycles. The third-order valence-corrected chi connectivity index (χ3v) is 3.08. The van der Waals surface area contributed by atoms with Gasteiger partial charge in [0, 0.05) is 35.9 Å². The van der Waals surface area contributed by atoms with Crippen molar-refractivity contribution in [1.29, 1.82) is 0 Å². The summed E-state index contributed by atoms with van der Waals surface area (Å²) in [6.07, 6.45) is 3.37. The topological polar surface area (TPSA) is 90.9 Å². The lowest BCUT2D eigenvalue weighted by Gasteiger charge is -2.07. The van der Waals surface area contributed by atoms with Crippen molar-refractivity contribution in [2.75, 3.05) is 12.4 Å². The van der Waals surface area contributed by atoms with Crippen LogP contribution in [0, 0.1) is 0 Å². The molecule has 0 saturated carbocycles. The van der Waals surface area contributed by atoms with Gasteiger partial charge in [-0.15, -0.1) is 0 Å². The van der Waals surface area contributed by atoms with E-state index in [0.29, 0.717) is 17.2 Å². The van der Waals surface area contributed by atoms with E-state index in [1.54, 1.807) is 37.6 Å². The number of benzene rings is 1. The highest BCUT2D eigenvalue weighted by atomic mass is 16.4. The van der Waals surface area contributed by atoms with E-state index in [0.717, 1.165) is 10.9 Å². The second-order valence-electron chi connectivity index (χ2n) is 4.28. The molecule has 2 aromatic heterocycles. The van der Waals surface area contributed by atoms with E-state index in [4.69, 9.17) is 0 Å². The van der Waals surface area contributed by atoms with Crippen molar-refractivity contribution in [3.05, 3.63) is 42.2 Å². The molecule has 0 amide bonds. The molecule has 0 aliphatic heterocycles. The Bertz CT molecular complexity index is 795. The van der Waals surface area contributed by atoms with Gasteiger partial charge in [-0.25, -0.2) is 14.8 Å². The fraction of sp³-hybridized carbons (Fsp3) is 0.0714. The van der Waals surface area contributed by atoms with Gasteiger partial charge in [0.05, 0.1) is 11.3 Å². The van der Waals surface area contributed by atoms with Crippen molar-refractivity contribution in [1.82, 2.24) is 15.0 Å². The number of nitrogens with one attached hydrogen (secondary N) is 2. The summed E-state index contributed by atoms with van der Waals surface area (Å²) in [6.45, 7) is 0. The first-order chi connectivity index (χ1) is 9.69. The van der Waals surface area contributed by atoms with Crippen LogP contribution in [0.1, 0.15) is 10.4 Å². The molecule has 0 bridgehead atoms. The summed E-state index contributed by atoms with van der Waals surface area (Å²) in [7, 11) is 1.71. The highest BCUT2D eigenvalue weighted by Crippen LogP contribution is 2.27. The van der Waals surface area contributed by atoms with Crippen LogP contribution in [0.15, 0.2) is 36.7 Å². The van der Waals surface area contributed by atoms with Gasteiger partial charge in [-0.05, 0) is 24.3 Å². The molecule has 2 heterocycles. The van der Waals surface area contributed by atoms with Gasteiger partial charge in [0.1, 0.15) is 0 Å². The lowest BCUT2D eigenvalue weighted by atomic mass is 10.0. The summed E-state index contributed by atoms with van der Waals surface area (Å²) in [6, 6.07) is 6.97. The van der Waals surface area contributed by atoms with E-state index in [-0.39, 0.29) is 5.56 Å². The molecule has 3 rings (SSSR count). The Hall–Kier alpha value is -2.89. The fourth-order valence-corrected chi connectivity index (χ4v) is 2.12. The second-order valence-corrected chi connectivity index (χ2v) is 4.28. The lowest BCUT2D eigenvalue weighted by Crippen LogP contribution is -2.02. The van der Waals surface area contributed by atoms with E-state index in [1.807, 2.05) is 6.07 Å². The quantitative estimate of drug-likeness (QED) is 0.678. The van der Waals surface area contributed by atoms with Crippen molar-refractivity contribution >= 4 is 22.8 Å². The minimum Gasteiger partial charge on any atom is -0.478 e. The third-order valence-electron chi connectivity index (χ3n) is 3.08. The summed E-state index contributed by atoms with van der Waals surface area (Å²) in [5, 5.41) is 13.1. The largest absolute Gasteiger partial charge is 0.478 e. The normalized spacial score (nSPS) is 10.7. The van der Waals surface area contributed by atoms with Crippen molar-refractivity contribution in [2.45, 2.75) is 0 Å². The number of hydrogen-bond acceptors (Lipinski definition) is 4. The van der Waals surface area contributed by atoms with Crippen LogP contribution in [-0.2, 0) is 0 Å². The number of carbonyl (C=O) groups is 1. The summed E-state index contributed by atoms with van der Waals surface area (Å²) in [4.78, 5) is 22.8. The van der Waals surface area contributed by atoms with E-state index in [1.165, 1.54) is 0 Å². The molecule has 100 valence electrons. The minimum absolute atomic E-state index is 0.220. The molecule has 3 aromatic rings. The maximum absolute atomic E-state index is 11.4. The third kappa shape index (κ3) is 1.97. The number of hydrogen-bond donors (Lipinski definition) is 3. The number of aromatic nitrogens is 3. The Morgan fingerprint density at radius 1 is 1.35 bits per heavy atom. The van der Waals surface area contributed by atoms with Gasteiger partial charge in [0.15, 0.2) is 0 Å². The van der Waals surface area contributed by atoms with Gasteiger partial charge >= 0.3 is 5.97 Å². The van der Waals surface area contributed by atoms with Crippen LogP contribution in [0.3, 0.4) is 0 Å². The summed E-state index contributed by atoms with van der Waals surface area (Å²) in [5.74, 6) is -0.529. The smallest absolute Gasteiger partial charge is 0.336 e. The lowest BCUT2D eigenvalue weighted by molar-refractivity contribution is 0.0698. The summed E-state index contributed by atoms with van der Waals surface area (Å²) < 4.78 is 0. The Morgan fingerprint density at radius 2 is 2.20 bits per heavy atom. The van der Waals surface area contributed by atoms with Crippen molar-refractivity contribution < 1.29 is 9.90 Å². The molecular weight excluding hydrogens is 256 g/mol. The molecule has 0 unspecified atom stereocenters. The van der Waals surface area contributed by atoms with Gasteiger partial charge in [-0.3, -0.25) is 0 Å². The monoisotopic (exact) mass is 268 g/mol. The number of aromatic carboxylic acids is 1. The maximum Gasteiger partial charge on any atom is 0.336 e. The molecule has 0 fully saturated rings. The number of anilines is 1. The average Bonchev–Trinajstić information content (AvgIpc) is 2.93. The van der Waals surface area contributed by atoms with Crippen molar-refractivity contribution in [3.63, 3.8) is 0 Å². The zero-order valence-electron chi connectivity index (χ0n) is 10.7. The number of carboxylic acids is 1. The zero-order valence-corrected chi connectivity index (χ0v) is 10.7. The number of H-pyrrole nitrogens is 1. The van der Waals surface area contributed by atoms with Crippen LogP contribution in [0.25, 0.3) is 22.2 Å².